The van der Waals surface area contributed by atoms with Gasteiger partial charge < -0.3 is 14.8 Å². The van der Waals surface area contributed by atoms with Crippen molar-refractivity contribution >= 4 is 5.91 Å². The van der Waals surface area contributed by atoms with Crippen molar-refractivity contribution < 1.29 is 14.3 Å². The van der Waals surface area contributed by atoms with Crippen LogP contribution in [0.5, 0.6) is 11.5 Å². The van der Waals surface area contributed by atoms with E-state index in [1.54, 1.807) is 25.6 Å². The normalized spacial score (nSPS) is 11.4. The number of nitrogens with zero attached hydrogens (tertiary/aromatic N) is 1. The molecule has 0 aliphatic rings. The van der Waals surface area contributed by atoms with Crippen LogP contribution < -0.4 is 14.8 Å². The standard InChI is InChI=1S/C19H22N2O3/c1-4-5-15-6-7-17(18(12-15)23-3)24-13-19(22)21-14(2)16-8-10-20-11-9-16/h4,6-12,14H,1,5,13H2,2-3H3,(H,21,22). The number of ether oxygens (including phenoxy) is 2. The van der Waals surface area contributed by atoms with Gasteiger partial charge in [-0.05, 0) is 48.7 Å². The van der Waals surface area contributed by atoms with Gasteiger partial charge in [0.05, 0.1) is 13.2 Å². The number of amides is 1. The number of hydrogen-bond acceptors (Lipinski definition) is 4. The molecule has 2 rings (SSSR count). The Hall–Kier alpha value is -2.82. The minimum absolute atomic E-state index is 0.0768. The minimum atomic E-state index is -0.198. The van der Waals surface area contributed by atoms with Gasteiger partial charge in [0.1, 0.15) is 0 Å². The van der Waals surface area contributed by atoms with Crippen LogP contribution in [0.1, 0.15) is 24.1 Å². The van der Waals surface area contributed by atoms with Gasteiger partial charge in [0, 0.05) is 12.4 Å². The van der Waals surface area contributed by atoms with Gasteiger partial charge in [-0.3, -0.25) is 9.78 Å². The summed E-state index contributed by atoms with van der Waals surface area (Å²) in [4.78, 5) is 16.0. The Bertz CT molecular complexity index is 686. The second kappa shape index (κ2) is 8.72. The van der Waals surface area contributed by atoms with Crippen molar-refractivity contribution in [2.75, 3.05) is 13.7 Å². The van der Waals surface area contributed by atoms with Crippen LogP contribution in [-0.2, 0) is 11.2 Å². The molecule has 1 N–H and O–H groups in total. The number of hydrogen-bond donors (Lipinski definition) is 1. The quantitative estimate of drug-likeness (QED) is 0.757. The van der Waals surface area contributed by atoms with Crippen LogP contribution in [0.2, 0.25) is 0 Å². The van der Waals surface area contributed by atoms with Gasteiger partial charge in [0.2, 0.25) is 0 Å². The fraction of sp³-hybridized carbons (Fsp3) is 0.263. The van der Waals surface area contributed by atoms with Crippen molar-refractivity contribution in [2.45, 2.75) is 19.4 Å². The fourth-order valence-corrected chi connectivity index (χ4v) is 2.29. The number of carbonyl (C=O) groups excluding carboxylic acids is 1. The van der Waals surface area contributed by atoms with Gasteiger partial charge in [-0.2, -0.15) is 0 Å². The lowest BCUT2D eigenvalue weighted by Gasteiger charge is -2.15. The molecule has 0 saturated heterocycles. The lowest BCUT2D eigenvalue weighted by Crippen LogP contribution is -2.31. The SMILES string of the molecule is C=CCc1ccc(OCC(=O)NC(C)c2ccncc2)c(OC)c1. The summed E-state index contributed by atoms with van der Waals surface area (Å²) in [6, 6.07) is 9.24. The summed E-state index contributed by atoms with van der Waals surface area (Å²) in [5.41, 5.74) is 2.06. The van der Waals surface area contributed by atoms with E-state index in [0.29, 0.717) is 11.5 Å². The summed E-state index contributed by atoms with van der Waals surface area (Å²) in [5.74, 6) is 0.942. The lowest BCUT2D eigenvalue weighted by molar-refractivity contribution is -0.123. The second-order valence-electron chi connectivity index (χ2n) is 5.34. The first-order chi connectivity index (χ1) is 11.6. The van der Waals surface area contributed by atoms with E-state index < -0.39 is 0 Å². The monoisotopic (exact) mass is 326 g/mol. The lowest BCUT2D eigenvalue weighted by atomic mass is 10.1. The third kappa shape index (κ3) is 4.84. The van der Waals surface area contributed by atoms with Crippen LogP contribution in [0.4, 0.5) is 0 Å². The van der Waals surface area contributed by atoms with Crippen molar-refractivity contribution in [1.82, 2.24) is 10.3 Å². The first-order valence-corrected chi connectivity index (χ1v) is 7.74. The Balaban J connectivity index is 1.92. The molecule has 126 valence electrons. The highest BCUT2D eigenvalue weighted by atomic mass is 16.5. The molecule has 1 amide bonds. The number of nitrogens with one attached hydrogen (secondary N) is 1. The van der Waals surface area contributed by atoms with E-state index in [2.05, 4.69) is 16.9 Å². The van der Waals surface area contributed by atoms with Crippen molar-refractivity contribution in [1.29, 1.82) is 0 Å². The molecule has 0 bridgehead atoms. The van der Waals surface area contributed by atoms with Crippen LogP contribution in [0.3, 0.4) is 0 Å². The summed E-state index contributed by atoms with van der Waals surface area (Å²) in [6.45, 7) is 5.55. The van der Waals surface area contributed by atoms with Crippen LogP contribution in [0.15, 0.2) is 55.4 Å². The molecule has 1 atom stereocenters. The molecule has 1 unspecified atom stereocenters. The molecule has 2 aromatic rings. The van der Waals surface area contributed by atoms with Crippen LogP contribution in [-0.4, -0.2) is 24.6 Å². The van der Waals surface area contributed by atoms with E-state index in [0.717, 1.165) is 17.5 Å². The zero-order chi connectivity index (χ0) is 17.4. The van der Waals surface area contributed by atoms with Gasteiger partial charge in [-0.15, -0.1) is 6.58 Å². The minimum Gasteiger partial charge on any atom is -0.493 e. The van der Waals surface area contributed by atoms with Crippen LogP contribution >= 0.6 is 0 Å². The predicted octanol–water partition coefficient (Wildman–Crippen LogP) is 3.07. The van der Waals surface area contributed by atoms with Crippen molar-refractivity contribution in [3.05, 3.63) is 66.5 Å². The van der Waals surface area contributed by atoms with Crippen molar-refractivity contribution in [3.8, 4) is 11.5 Å². The van der Waals surface area contributed by atoms with Crippen LogP contribution in [0.25, 0.3) is 0 Å². The zero-order valence-electron chi connectivity index (χ0n) is 14.0. The van der Waals surface area contributed by atoms with Crippen molar-refractivity contribution in [3.63, 3.8) is 0 Å². The summed E-state index contributed by atoms with van der Waals surface area (Å²) in [6.07, 6.45) is 5.97. The van der Waals surface area contributed by atoms with E-state index >= 15 is 0 Å². The number of carbonyl (C=O) groups is 1. The first-order valence-electron chi connectivity index (χ1n) is 7.74. The number of benzene rings is 1. The summed E-state index contributed by atoms with van der Waals surface area (Å²) < 4.78 is 10.9. The van der Waals surface area contributed by atoms with Gasteiger partial charge in [-0.1, -0.05) is 12.1 Å². The Morgan fingerprint density at radius 2 is 2.04 bits per heavy atom. The maximum absolute atomic E-state index is 12.1. The maximum Gasteiger partial charge on any atom is 0.258 e. The average Bonchev–Trinajstić information content (AvgIpc) is 2.61. The van der Waals surface area contributed by atoms with Gasteiger partial charge in [0.25, 0.3) is 5.91 Å². The first kappa shape index (κ1) is 17.5. The van der Waals surface area contributed by atoms with Gasteiger partial charge in [-0.25, -0.2) is 0 Å². The number of rotatable bonds is 8. The maximum atomic E-state index is 12.1. The third-order valence-electron chi connectivity index (χ3n) is 3.55. The summed E-state index contributed by atoms with van der Waals surface area (Å²) in [7, 11) is 1.57. The molecule has 0 spiro atoms. The number of methoxy groups -OCH3 is 1. The van der Waals surface area contributed by atoms with E-state index in [-0.39, 0.29) is 18.6 Å². The largest absolute Gasteiger partial charge is 0.493 e. The summed E-state index contributed by atoms with van der Waals surface area (Å²) >= 11 is 0. The molecule has 1 heterocycles. The average molecular weight is 326 g/mol. The molecule has 1 aromatic carbocycles. The number of aromatic nitrogens is 1. The molecule has 0 saturated carbocycles. The Kier molecular flexibility index (Phi) is 6.37. The number of allylic oxidation sites excluding steroid dienone is 1. The van der Waals surface area contributed by atoms with E-state index in [9.17, 15) is 4.79 Å². The predicted molar refractivity (Wildman–Crippen MR) is 93.2 cm³/mol. The molecule has 0 fully saturated rings. The molecule has 0 aliphatic carbocycles. The van der Waals surface area contributed by atoms with E-state index in [4.69, 9.17) is 9.47 Å². The van der Waals surface area contributed by atoms with E-state index in [1.807, 2.05) is 37.3 Å². The topological polar surface area (TPSA) is 60.5 Å². The molecular formula is C19H22N2O3. The molecule has 1 aromatic heterocycles. The van der Waals surface area contributed by atoms with Crippen molar-refractivity contribution in [2.24, 2.45) is 0 Å². The summed E-state index contributed by atoms with van der Waals surface area (Å²) in [5, 5.41) is 2.89. The zero-order valence-corrected chi connectivity index (χ0v) is 14.0. The Morgan fingerprint density at radius 1 is 1.29 bits per heavy atom. The highest BCUT2D eigenvalue weighted by molar-refractivity contribution is 5.78. The second-order valence-corrected chi connectivity index (χ2v) is 5.34. The smallest absolute Gasteiger partial charge is 0.258 e. The fourth-order valence-electron chi connectivity index (χ4n) is 2.29. The highest BCUT2D eigenvalue weighted by Crippen LogP contribution is 2.28. The molecule has 5 nitrogen and oxygen atoms in total. The molecule has 24 heavy (non-hydrogen) atoms. The Morgan fingerprint density at radius 3 is 2.71 bits per heavy atom. The third-order valence-corrected chi connectivity index (χ3v) is 3.55. The molecular weight excluding hydrogens is 304 g/mol. The molecule has 0 aliphatic heterocycles. The van der Waals surface area contributed by atoms with Crippen LogP contribution in [0, 0.1) is 0 Å². The molecule has 0 radical (unpaired) electrons. The van der Waals surface area contributed by atoms with Gasteiger partial charge >= 0.3 is 0 Å². The highest BCUT2D eigenvalue weighted by Gasteiger charge is 2.12. The van der Waals surface area contributed by atoms with E-state index in [1.165, 1.54) is 0 Å². The number of pyridine rings is 1. The Labute approximate surface area is 142 Å². The molecule has 5 heteroatoms. The van der Waals surface area contributed by atoms with Gasteiger partial charge in [0.15, 0.2) is 18.1 Å².